The minimum absolute atomic E-state index is 0.328. The van der Waals surface area contributed by atoms with E-state index < -0.39 is 14.0 Å². The fourth-order valence-corrected chi connectivity index (χ4v) is 12.4. The topological polar surface area (TPSA) is 80.5 Å². The maximum absolute atomic E-state index is 12.5. The summed E-state index contributed by atoms with van der Waals surface area (Å²) in [5.41, 5.74) is 6.75. The van der Waals surface area contributed by atoms with E-state index in [-0.39, 0.29) is 0 Å². The number of anilines is 1. The van der Waals surface area contributed by atoms with Gasteiger partial charge in [0.2, 0.25) is 0 Å². The molecule has 1 aliphatic carbocycles. The van der Waals surface area contributed by atoms with Crippen molar-refractivity contribution in [2.75, 3.05) is 103 Å². The highest BCUT2D eigenvalue weighted by Gasteiger charge is 2.43. The number of nitrogens with zero attached hydrogens (tertiary/aromatic N) is 2. The molecule has 0 unspecified atom stereocenters. The summed E-state index contributed by atoms with van der Waals surface area (Å²) in [5.74, 6) is 1.83. The number of ether oxygens (including phenoxy) is 4. The highest BCUT2D eigenvalue weighted by Crippen LogP contribution is 2.44. The summed E-state index contributed by atoms with van der Waals surface area (Å²) in [6.45, 7) is 7.47. The Kier molecular flexibility index (Phi) is 18.4. The van der Waals surface area contributed by atoms with E-state index in [2.05, 4.69) is 80.6 Å². The summed E-state index contributed by atoms with van der Waals surface area (Å²) < 4.78 is 24.8. The van der Waals surface area contributed by atoms with Crippen LogP contribution in [0.4, 0.5) is 5.69 Å². The Labute approximate surface area is 327 Å². The van der Waals surface area contributed by atoms with E-state index in [1.807, 2.05) is 30.0 Å². The Balaban J connectivity index is 1.29. The van der Waals surface area contributed by atoms with Gasteiger partial charge in [-0.15, -0.1) is 11.6 Å². The van der Waals surface area contributed by atoms with E-state index in [4.69, 9.17) is 30.5 Å². The van der Waals surface area contributed by atoms with E-state index in [0.717, 1.165) is 83.0 Å². The van der Waals surface area contributed by atoms with Crippen LogP contribution in [0.2, 0.25) is 12.6 Å². The first-order chi connectivity index (χ1) is 25.7. The Bertz CT molecular complexity index is 1620. The Hall–Kier alpha value is -2.70. The van der Waals surface area contributed by atoms with E-state index in [1.54, 1.807) is 6.07 Å². The van der Waals surface area contributed by atoms with Crippen molar-refractivity contribution in [1.29, 1.82) is 0 Å². The van der Waals surface area contributed by atoms with Gasteiger partial charge < -0.3 is 29.0 Å². The number of rotatable bonds is 25. The van der Waals surface area contributed by atoms with Gasteiger partial charge in [-0.05, 0) is 88.0 Å². The fourth-order valence-electron chi connectivity index (χ4n) is 6.87. The van der Waals surface area contributed by atoms with Crippen LogP contribution >= 0.6 is 23.4 Å². The second kappa shape index (κ2) is 22.6. The molecule has 4 rings (SSSR count). The second-order valence-corrected chi connectivity index (χ2v) is 19.9. The average molecular weight is 785 g/mol. The molecule has 1 N–H and O–H groups in total. The number of thioether (sulfide) groups is 1. The summed E-state index contributed by atoms with van der Waals surface area (Å²) in [7, 11) is 6.05. The number of hydrogen-bond donors (Lipinski definition) is 1. The molecule has 290 valence electrons. The van der Waals surface area contributed by atoms with Gasteiger partial charge in [-0.25, -0.2) is 9.37 Å². The molecule has 0 fully saturated rings. The van der Waals surface area contributed by atoms with Gasteiger partial charge in [0.15, 0.2) is 5.71 Å². The molecule has 2 aliphatic rings. The SMILES string of the molecule is CN(C)c1ccc2c(c1)[Si@@](C)(CCCSCCOCCOCCOCCOCCCCCCCl)C1=CC(=[N+](C)C)C=CC1=C2c1ccccc1C(=O)O. The minimum atomic E-state index is -2.27. The number of fused-ring (bicyclic) bond motifs is 2. The number of allylic oxidation sites excluding steroid dienone is 5. The summed E-state index contributed by atoms with van der Waals surface area (Å²) in [5, 5.41) is 13.0. The van der Waals surface area contributed by atoms with Gasteiger partial charge in [0, 0.05) is 50.2 Å². The molecular formula is C42H60ClN2O6SSi+. The first-order valence-corrected chi connectivity index (χ1v) is 23.4. The molecule has 0 amide bonds. The largest absolute Gasteiger partial charge is 0.478 e. The normalized spacial score (nSPS) is 16.4. The van der Waals surface area contributed by atoms with Crippen molar-refractivity contribution in [2.24, 2.45) is 0 Å². The van der Waals surface area contributed by atoms with E-state index in [1.165, 1.54) is 23.2 Å². The monoisotopic (exact) mass is 783 g/mol. The number of hydrogen-bond acceptors (Lipinski definition) is 7. The molecule has 2 aromatic carbocycles. The number of halogens is 1. The summed E-state index contributed by atoms with van der Waals surface area (Å²) in [6, 6.07) is 15.3. The minimum Gasteiger partial charge on any atom is -0.478 e. The van der Waals surface area contributed by atoms with Crippen molar-refractivity contribution < 1.29 is 33.4 Å². The zero-order chi connectivity index (χ0) is 38.1. The quantitative estimate of drug-likeness (QED) is 0.0487. The third-order valence-electron chi connectivity index (χ3n) is 9.82. The number of aromatic carboxylic acids is 1. The van der Waals surface area contributed by atoms with Crippen LogP contribution in [0.5, 0.6) is 0 Å². The molecule has 2 aromatic rings. The number of unbranched alkanes of at least 4 members (excludes halogenated alkanes) is 3. The van der Waals surface area contributed by atoms with Crippen LogP contribution in [0, 0.1) is 0 Å². The van der Waals surface area contributed by atoms with Crippen LogP contribution in [0.3, 0.4) is 0 Å². The number of carboxylic acids is 1. The Morgan fingerprint density at radius 1 is 0.811 bits per heavy atom. The van der Waals surface area contributed by atoms with Crippen molar-refractivity contribution in [1.82, 2.24) is 0 Å². The van der Waals surface area contributed by atoms with E-state index in [0.29, 0.717) is 51.8 Å². The van der Waals surface area contributed by atoms with Crippen molar-refractivity contribution >= 4 is 59.6 Å². The van der Waals surface area contributed by atoms with Gasteiger partial charge in [-0.3, -0.25) is 0 Å². The summed E-state index contributed by atoms with van der Waals surface area (Å²) in [6.07, 6.45) is 12.3. The van der Waals surface area contributed by atoms with Crippen LogP contribution in [-0.2, 0) is 18.9 Å². The summed E-state index contributed by atoms with van der Waals surface area (Å²) >= 11 is 7.64. The molecule has 53 heavy (non-hydrogen) atoms. The van der Waals surface area contributed by atoms with Crippen molar-refractivity contribution in [3.63, 3.8) is 0 Å². The first-order valence-electron chi connectivity index (χ1n) is 19.0. The second-order valence-electron chi connectivity index (χ2n) is 14.1. The molecule has 1 atom stereocenters. The number of benzene rings is 2. The predicted octanol–water partition coefficient (Wildman–Crippen LogP) is 7.29. The lowest BCUT2D eigenvalue weighted by Gasteiger charge is -2.40. The van der Waals surface area contributed by atoms with Gasteiger partial charge in [0.05, 0.1) is 51.8 Å². The van der Waals surface area contributed by atoms with Crippen LogP contribution in [0.15, 0.2) is 71.5 Å². The highest BCUT2D eigenvalue weighted by molar-refractivity contribution is 7.99. The molecule has 0 aromatic heterocycles. The molecule has 0 spiro atoms. The third kappa shape index (κ3) is 12.4. The predicted molar refractivity (Wildman–Crippen MR) is 225 cm³/mol. The van der Waals surface area contributed by atoms with Gasteiger partial charge in [0.1, 0.15) is 22.2 Å². The summed E-state index contributed by atoms with van der Waals surface area (Å²) in [4.78, 5) is 14.6. The van der Waals surface area contributed by atoms with Crippen LogP contribution in [0.25, 0.3) is 5.57 Å². The molecule has 0 radical (unpaired) electrons. The maximum Gasteiger partial charge on any atom is 0.336 e. The Morgan fingerprint density at radius 3 is 2.13 bits per heavy atom. The molecule has 1 aliphatic heterocycles. The van der Waals surface area contributed by atoms with Crippen LogP contribution < -0.4 is 10.1 Å². The molecule has 11 heteroatoms. The zero-order valence-electron chi connectivity index (χ0n) is 32.5. The van der Waals surface area contributed by atoms with E-state index in [9.17, 15) is 9.90 Å². The molecule has 8 nitrogen and oxygen atoms in total. The number of carboxylic acid groups (broad SMARTS) is 1. The maximum atomic E-state index is 12.5. The van der Waals surface area contributed by atoms with Gasteiger partial charge >= 0.3 is 5.97 Å². The highest BCUT2D eigenvalue weighted by atomic mass is 35.5. The lowest BCUT2D eigenvalue weighted by Crippen LogP contribution is -2.52. The van der Waals surface area contributed by atoms with Gasteiger partial charge in [-0.1, -0.05) is 43.7 Å². The molecule has 0 saturated heterocycles. The Morgan fingerprint density at radius 2 is 1.47 bits per heavy atom. The number of carbonyl (C=O) groups is 1. The number of alkyl halides is 1. The molecular weight excluding hydrogens is 724 g/mol. The van der Waals surface area contributed by atoms with Crippen molar-refractivity contribution in [3.05, 3.63) is 88.2 Å². The van der Waals surface area contributed by atoms with Crippen LogP contribution in [0.1, 0.15) is 53.6 Å². The van der Waals surface area contributed by atoms with Crippen molar-refractivity contribution in [3.8, 4) is 0 Å². The first kappa shape index (κ1) is 43.0. The van der Waals surface area contributed by atoms with E-state index >= 15 is 0 Å². The molecule has 1 heterocycles. The van der Waals surface area contributed by atoms with Crippen molar-refractivity contribution in [2.45, 2.75) is 44.7 Å². The van der Waals surface area contributed by atoms with Gasteiger partial charge in [0.25, 0.3) is 0 Å². The lowest BCUT2D eigenvalue weighted by molar-refractivity contribution is -0.462. The molecule has 0 bridgehead atoms. The fraction of sp³-hybridized carbons (Fsp3) is 0.524. The zero-order valence-corrected chi connectivity index (χ0v) is 35.0. The van der Waals surface area contributed by atoms with Gasteiger partial charge in [-0.2, -0.15) is 11.8 Å². The molecule has 0 saturated carbocycles. The third-order valence-corrected chi connectivity index (χ3v) is 15.7. The lowest BCUT2D eigenvalue weighted by atomic mass is 9.87. The average Bonchev–Trinajstić information content (AvgIpc) is 3.15. The van der Waals surface area contributed by atoms with Crippen LogP contribution in [-0.4, -0.2) is 128 Å². The smallest absolute Gasteiger partial charge is 0.336 e. The standard InChI is InChI=1S/C42H59ClN2O6SSi/c1-44(2)33-15-17-37-39(31-33)53(5,40-32-34(45(3)4)16-18-38(40)41(37)35-13-8-9-14-36(35)42(46)47)30-12-28-52-29-27-51-26-25-50-24-23-49-22-21-48-20-11-7-6-10-19-43/h8-9,13-18,31-32H,6-7,10-12,19-30H2,1-5H3/p+1.